The van der Waals surface area contributed by atoms with E-state index in [1.165, 1.54) is 0 Å². The van der Waals surface area contributed by atoms with Gasteiger partial charge in [0.1, 0.15) is 5.76 Å². The first-order chi connectivity index (χ1) is 10.2. The number of carbonyl (C=O) groups excluding carboxylic acids is 1. The maximum Gasteiger partial charge on any atom is 0.278 e. The number of anilines is 1. The summed E-state index contributed by atoms with van der Waals surface area (Å²) in [6, 6.07) is 7.21. The van der Waals surface area contributed by atoms with Gasteiger partial charge in [0, 0.05) is 23.2 Å². The van der Waals surface area contributed by atoms with E-state index in [2.05, 4.69) is 10.5 Å². The molecule has 0 radical (unpaired) electrons. The third kappa shape index (κ3) is 2.69. The highest BCUT2D eigenvalue weighted by Crippen LogP contribution is 2.26. The van der Waals surface area contributed by atoms with E-state index in [9.17, 15) is 9.90 Å². The molecule has 5 nitrogen and oxygen atoms in total. The van der Waals surface area contributed by atoms with Crippen molar-refractivity contribution in [1.29, 1.82) is 0 Å². The highest BCUT2D eigenvalue weighted by atomic mass is 16.5. The molecule has 1 aliphatic carbocycles. The second-order valence-corrected chi connectivity index (χ2v) is 5.36. The summed E-state index contributed by atoms with van der Waals surface area (Å²) in [6.07, 6.45) is 3.17. The van der Waals surface area contributed by atoms with Crippen molar-refractivity contribution in [3.05, 3.63) is 46.8 Å². The lowest BCUT2D eigenvalue weighted by atomic mass is 9.96. The number of aliphatic hydroxyl groups excluding tert-OH is 1. The molecule has 5 heteroatoms. The van der Waals surface area contributed by atoms with Crippen molar-refractivity contribution in [3.63, 3.8) is 0 Å². The first-order valence-corrected chi connectivity index (χ1v) is 7.22. The van der Waals surface area contributed by atoms with Gasteiger partial charge in [0.15, 0.2) is 5.69 Å². The molecule has 110 valence electrons. The number of aliphatic hydroxyl groups is 1. The smallest absolute Gasteiger partial charge is 0.278 e. The molecule has 0 fully saturated rings. The number of hydrogen-bond donors (Lipinski definition) is 2. The summed E-state index contributed by atoms with van der Waals surface area (Å²) in [5, 5.41) is 16.5. The van der Waals surface area contributed by atoms with Gasteiger partial charge >= 0.3 is 0 Å². The van der Waals surface area contributed by atoms with E-state index in [0.29, 0.717) is 16.9 Å². The van der Waals surface area contributed by atoms with E-state index >= 15 is 0 Å². The molecule has 1 atom stereocenters. The van der Waals surface area contributed by atoms with Gasteiger partial charge in [-0.2, -0.15) is 0 Å². The summed E-state index contributed by atoms with van der Waals surface area (Å²) < 4.78 is 5.26. The normalized spacial score (nSPS) is 15.3. The van der Waals surface area contributed by atoms with Crippen molar-refractivity contribution in [3.8, 4) is 0 Å². The molecule has 0 aliphatic heterocycles. The quantitative estimate of drug-likeness (QED) is 0.909. The predicted molar refractivity (Wildman–Crippen MR) is 78.2 cm³/mol. The van der Waals surface area contributed by atoms with Crippen molar-refractivity contribution >= 4 is 11.6 Å². The van der Waals surface area contributed by atoms with Crippen LogP contribution >= 0.6 is 0 Å². The van der Waals surface area contributed by atoms with E-state index < -0.39 is 6.10 Å². The van der Waals surface area contributed by atoms with Gasteiger partial charge in [-0.25, -0.2) is 0 Å². The molecule has 2 aromatic rings. The molecule has 0 bridgehead atoms. The van der Waals surface area contributed by atoms with E-state index in [4.69, 9.17) is 4.52 Å². The Kier molecular flexibility index (Phi) is 3.75. The van der Waals surface area contributed by atoms with Gasteiger partial charge in [-0.15, -0.1) is 0 Å². The van der Waals surface area contributed by atoms with Crippen LogP contribution in [0.2, 0.25) is 0 Å². The zero-order valence-electron chi connectivity index (χ0n) is 11.9. The number of hydrogen-bond acceptors (Lipinski definition) is 4. The molecule has 1 unspecified atom stereocenters. The number of rotatable bonds is 3. The van der Waals surface area contributed by atoms with Crippen molar-refractivity contribution in [2.45, 2.75) is 38.7 Å². The minimum absolute atomic E-state index is 0.282. The monoisotopic (exact) mass is 286 g/mol. The largest absolute Gasteiger partial charge is 0.389 e. The van der Waals surface area contributed by atoms with Crippen LogP contribution in [0.4, 0.5) is 5.69 Å². The van der Waals surface area contributed by atoms with Crippen LogP contribution in [-0.4, -0.2) is 16.2 Å². The Morgan fingerprint density at radius 2 is 2.10 bits per heavy atom. The van der Waals surface area contributed by atoms with Crippen molar-refractivity contribution in [2.24, 2.45) is 0 Å². The molecule has 0 spiro atoms. The Balaban J connectivity index is 1.86. The van der Waals surface area contributed by atoms with Gasteiger partial charge in [-0.05, 0) is 32.3 Å². The summed E-state index contributed by atoms with van der Waals surface area (Å²) in [6.45, 7) is 1.67. The average Bonchev–Trinajstić information content (AvgIpc) is 2.91. The lowest BCUT2D eigenvalue weighted by Crippen LogP contribution is -2.17. The fourth-order valence-electron chi connectivity index (χ4n) is 2.72. The second-order valence-electron chi connectivity index (χ2n) is 5.36. The van der Waals surface area contributed by atoms with Gasteiger partial charge < -0.3 is 14.9 Å². The van der Waals surface area contributed by atoms with Crippen LogP contribution in [0.25, 0.3) is 0 Å². The number of para-hydroxylation sites is 1. The van der Waals surface area contributed by atoms with Gasteiger partial charge in [-0.1, -0.05) is 23.4 Å². The topological polar surface area (TPSA) is 75.4 Å². The lowest BCUT2D eigenvalue weighted by molar-refractivity contribution is 0.101. The Hall–Kier alpha value is -2.14. The van der Waals surface area contributed by atoms with E-state index in [1.807, 2.05) is 12.1 Å². The summed E-state index contributed by atoms with van der Waals surface area (Å²) in [4.78, 5) is 12.4. The first kappa shape index (κ1) is 13.8. The molecule has 3 rings (SSSR count). The highest BCUT2D eigenvalue weighted by molar-refractivity contribution is 6.04. The van der Waals surface area contributed by atoms with Gasteiger partial charge in [0.05, 0.1) is 6.10 Å². The zero-order valence-corrected chi connectivity index (χ0v) is 11.9. The molecular weight excluding hydrogens is 268 g/mol. The number of amides is 1. The molecular formula is C16H18N2O3. The van der Waals surface area contributed by atoms with Crippen LogP contribution < -0.4 is 5.32 Å². The van der Waals surface area contributed by atoms with Crippen LogP contribution in [0.15, 0.2) is 28.8 Å². The predicted octanol–water partition coefficient (Wildman–Crippen LogP) is 2.86. The molecule has 1 heterocycles. The van der Waals surface area contributed by atoms with Crippen molar-refractivity contribution in [1.82, 2.24) is 5.16 Å². The number of nitrogens with one attached hydrogen (secondary N) is 1. The molecule has 1 amide bonds. The summed E-state index contributed by atoms with van der Waals surface area (Å²) >= 11 is 0. The fourth-order valence-corrected chi connectivity index (χ4v) is 2.72. The third-order valence-corrected chi connectivity index (χ3v) is 3.82. The number of aromatic nitrogens is 1. The van der Waals surface area contributed by atoms with Crippen LogP contribution in [0, 0.1) is 0 Å². The third-order valence-electron chi connectivity index (χ3n) is 3.82. The second kappa shape index (κ2) is 5.69. The number of benzene rings is 1. The number of aryl methyl sites for hydroxylation is 1. The minimum Gasteiger partial charge on any atom is -0.389 e. The minimum atomic E-state index is -0.646. The number of fused-ring (bicyclic) bond motifs is 1. The van der Waals surface area contributed by atoms with Gasteiger partial charge in [-0.3, -0.25) is 4.79 Å². The van der Waals surface area contributed by atoms with E-state index in [-0.39, 0.29) is 5.91 Å². The molecule has 0 saturated carbocycles. The maximum absolute atomic E-state index is 12.4. The highest BCUT2D eigenvalue weighted by Gasteiger charge is 2.24. The number of carbonyl (C=O) groups is 1. The van der Waals surface area contributed by atoms with Crippen LogP contribution in [0.3, 0.4) is 0 Å². The molecule has 2 N–H and O–H groups in total. The average molecular weight is 286 g/mol. The molecule has 21 heavy (non-hydrogen) atoms. The van der Waals surface area contributed by atoms with Gasteiger partial charge in [0.25, 0.3) is 5.91 Å². The lowest BCUT2D eigenvalue weighted by Gasteiger charge is -2.13. The van der Waals surface area contributed by atoms with Crippen LogP contribution in [0.1, 0.15) is 53.2 Å². The Morgan fingerprint density at radius 3 is 2.90 bits per heavy atom. The van der Waals surface area contributed by atoms with Crippen LogP contribution in [-0.2, 0) is 12.8 Å². The van der Waals surface area contributed by atoms with E-state index in [1.54, 1.807) is 19.1 Å². The first-order valence-electron chi connectivity index (χ1n) is 7.22. The van der Waals surface area contributed by atoms with E-state index in [0.717, 1.165) is 37.0 Å². The SMILES string of the molecule is CC(O)c1ccccc1NC(=O)c1noc2c1CCCC2. The van der Waals surface area contributed by atoms with Gasteiger partial charge in [0.2, 0.25) is 0 Å². The molecule has 1 aromatic carbocycles. The van der Waals surface area contributed by atoms with Crippen molar-refractivity contribution in [2.75, 3.05) is 5.32 Å². The fraction of sp³-hybridized carbons (Fsp3) is 0.375. The molecule has 1 aromatic heterocycles. The Morgan fingerprint density at radius 1 is 1.33 bits per heavy atom. The maximum atomic E-state index is 12.4. The number of nitrogens with zero attached hydrogens (tertiary/aromatic N) is 1. The Bertz CT molecular complexity index is 661. The zero-order chi connectivity index (χ0) is 14.8. The standard InChI is InChI=1S/C16H18N2O3/c1-10(19)11-6-2-4-8-13(11)17-16(20)15-12-7-3-5-9-14(12)21-18-15/h2,4,6,8,10,19H,3,5,7,9H2,1H3,(H,17,20). The molecule has 0 saturated heterocycles. The summed E-state index contributed by atoms with van der Waals surface area (Å²) in [5.41, 5.74) is 2.58. The Labute approximate surface area is 123 Å². The molecule has 1 aliphatic rings. The summed E-state index contributed by atoms with van der Waals surface area (Å²) in [5.74, 6) is 0.546. The van der Waals surface area contributed by atoms with Crippen LogP contribution in [0.5, 0.6) is 0 Å². The summed E-state index contributed by atoms with van der Waals surface area (Å²) in [7, 11) is 0. The van der Waals surface area contributed by atoms with Crippen molar-refractivity contribution < 1.29 is 14.4 Å².